The summed E-state index contributed by atoms with van der Waals surface area (Å²) in [6, 6.07) is 3.29. The molecule has 1 atom stereocenters. The molecule has 1 fully saturated rings. The Morgan fingerprint density at radius 1 is 1.48 bits per heavy atom. The molecule has 0 aliphatic carbocycles. The van der Waals surface area contributed by atoms with Crippen LogP contribution in [0.3, 0.4) is 0 Å². The highest BCUT2D eigenvalue weighted by atomic mass is 79.9. The van der Waals surface area contributed by atoms with Crippen molar-refractivity contribution in [2.45, 2.75) is 38.8 Å². The zero-order chi connectivity index (χ0) is 16.4. The van der Waals surface area contributed by atoms with Crippen LogP contribution >= 0.6 is 27.3 Å². The molecule has 23 heavy (non-hydrogen) atoms. The molecule has 2 aromatic rings. The van der Waals surface area contributed by atoms with Gasteiger partial charge in [0.25, 0.3) is 5.56 Å². The summed E-state index contributed by atoms with van der Waals surface area (Å²) in [6.07, 6.45) is 3.21. The van der Waals surface area contributed by atoms with Gasteiger partial charge in [-0.3, -0.25) is 9.36 Å². The highest BCUT2D eigenvalue weighted by Crippen LogP contribution is 2.35. The van der Waals surface area contributed by atoms with Crippen molar-refractivity contribution in [2.75, 3.05) is 13.2 Å². The van der Waals surface area contributed by atoms with Gasteiger partial charge in [-0.05, 0) is 48.2 Å². The van der Waals surface area contributed by atoms with Crippen molar-refractivity contribution in [1.29, 1.82) is 0 Å². The number of carbonyl (C=O) groups is 1. The van der Waals surface area contributed by atoms with Crippen molar-refractivity contribution in [3.8, 4) is 0 Å². The Bertz CT molecular complexity index is 776. The summed E-state index contributed by atoms with van der Waals surface area (Å²) in [5, 5.41) is 0.855. The molecule has 0 saturated carbocycles. The largest absolute Gasteiger partial charge is 0.462 e. The van der Waals surface area contributed by atoms with E-state index < -0.39 is 0 Å². The molecule has 3 rings (SSSR count). The third-order valence-electron chi connectivity index (χ3n) is 3.89. The summed E-state index contributed by atoms with van der Waals surface area (Å²) >= 11 is 4.76. The van der Waals surface area contributed by atoms with E-state index >= 15 is 0 Å². The second-order valence-corrected chi connectivity index (χ2v) is 7.25. The van der Waals surface area contributed by atoms with Gasteiger partial charge in [0.05, 0.1) is 23.7 Å². The molecule has 2 aromatic heterocycles. The smallest absolute Gasteiger partial charge is 0.349 e. The van der Waals surface area contributed by atoms with Gasteiger partial charge >= 0.3 is 5.97 Å². The number of fused-ring (bicyclic) bond motifs is 1. The highest BCUT2D eigenvalue weighted by molar-refractivity contribution is 9.10. The number of thiophene rings is 1. The Kier molecular flexibility index (Phi) is 5.18. The summed E-state index contributed by atoms with van der Waals surface area (Å²) in [7, 11) is 0. The Morgan fingerprint density at radius 2 is 2.30 bits per heavy atom. The number of hydrogen-bond donors (Lipinski definition) is 0. The van der Waals surface area contributed by atoms with Gasteiger partial charge in [-0.25, -0.2) is 4.79 Å². The maximum atomic E-state index is 12.3. The first-order valence-corrected chi connectivity index (χ1v) is 9.33. The third kappa shape index (κ3) is 3.36. The maximum absolute atomic E-state index is 12.3. The van der Waals surface area contributed by atoms with Gasteiger partial charge in [-0.1, -0.05) is 0 Å². The van der Waals surface area contributed by atoms with Crippen LogP contribution < -0.4 is 5.56 Å². The number of pyridine rings is 1. The second-order valence-electron chi connectivity index (χ2n) is 5.46. The zero-order valence-electron chi connectivity index (χ0n) is 12.8. The Morgan fingerprint density at radius 3 is 3.00 bits per heavy atom. The number of rotatable bonds is 4. The first-order valence-electron chi connectivity index (χ1n) is 7.72. The van der Waals surface area contributed by atoms with Crippen molar-refractivity contribution in [1.82, 2.24) is 4.57 Å². The standard InChI is InChI=1S/C16H18BrNO4S/c1-2-21-16(20)14-13(17)11-6-7-12(19)18(15(11)23-14)9-10-5-3-4-8-22-10/h6-7,10H,2-5,8-9H2,1H3. The quantitative estimate of drug-likeness (QED) is 0.737. The maximum Gasteiger partial charge on any atom is 0.349 e. The number of carbonyl (C=O) groups excluding carboxylic acids is 1. The SMILES string of the molecule is CCOC(=O)c1sc2c(ccc(=O)n2CC2CCCCO2)c1Br. The van der Waals surface area contributed by atoms with E-state index in [1.807, 2.05) is 0 Å². The van der Waals surface area contributed by atoms with Crippen LogP contribution in [0, 0.1) is 0 Å². The van der Waals surface area contributed by atoms with E-state index in [-0.39, 0.29) is 17.6 Å². The minimum atomic E-state index is -0.367. The Labute approximate surface area is 146 Å². The topological polar surface area (TPSA) is 57.5 Å². The average Bonchev–Trinajstić information content (AvgIpc) is 2.89. The van der Waals surface area contributed by atoms with Crippen LogP contribution in [0.15, 0.2) is 21.4 Å². The first kappa shape index (κ1) is 16.7. The summed E-state index contributed by atoms with van der Waals surface area (Å²) in [4.78, 5) is 25.6. The van der Waals surface area contributed by atoms with Crippen molar-refractivity contribution >= 4 is 43.5 Å². The molecule has 0 bridgehead atoms. The van der Waals surface area contributed by atoms with Gasteiger partial charge in [0.1, 0.15) is 9.71 Å². The minimum Gasteiger partial charge on any atom is -0.462 e. The van der Waals surface area contributed by atoms with Gasteiger partial charge in [0.2, 0.25) is 0 Å². The number of nitrogens with zero attached hydrogens (tertiary/aromatic N) is 1. The molecule has 1 saturated heterocycles. The molecule has 7 heteroatoms. The molecule has 0 radical (unpaired) electrons. The van der Waals surface area contributed by atoms with Gasteiger partial charge in [-0.2, -0.15) is 0 Å². The highest BCUT2D eigenvalue weighted by Gasteiger charge is 2.22. The lowest BCUT2D eigenvalue weighted by Gasteiger charge is -2.23. The molecule has 5 nitrogen and oxygen atoms in total. The molecule has 124 valence electrons. The second kappa shape index (κ2) is 7.15. The molecular formula is C16H18BrNO4S. The van der Waals surface area contributed by atoms with Crippen molar-refractivity contribution < 1.29 is 14.3 Å². The molecule has 0 spiro atoms. The van der Waals surface area contributed by atoms with E-state index in [0.29, 0.717) is 22.5 Å². The minimum absolute atomic E-state index is 0.0546. The molecule has 1 aliphatic heterocycles. The molecule has 1 aliphatic rings. The fraction of sp³-hybridized carbons (Fsp3) is 0.500. The molecule has 0 amide bonds. The number of esters is 1. The van der Waals surface area contributed by atoms with E-state index in [1.54, 1.807) is 17.6 Å². The van der Waals surface area contributed by atoms with E-state index in [4.69, 9.17) is 9.47 Å². The van der Waals surface area contributed by atoms with E-state index in [2.05, 4.69) is 15.9 Å². The fourth-order valence-electron chi connectivity index (χ4n) is 2.76. The lowest BCUT2D eigenvalue weighted by atomic mass is 10.1. The predicted molar refractivity (Wildman–Crippen MR) is 93.3 cm³/mol. The van der Waals surface area contributed by atoms with Crippen LogP contribution in [0.5, 0.6) is 0 Å². The molecule has 1 unspecified atom stereocenters. The van der Waals surface area contributed by atoms with Gasteiger partial charge < -0.3 is 9.47 Å². The number of halogens is 1. The van der Waals surface area contributed by atoms with E-state index in [0.717, 1.165) is 36.1 Å². The molecule has 0 aromatic carbocycles. The number of ether oxygens (including phenoxy) is 2. The van der Waals surface area contributed by atoms with Crippen molar-refractivity contribution in [2.24, 2.45) is 0 Å². The van der Waals surface area contributed by atoms with Gasteiger partial charge in [0, 0.05) is 18.1 Å². The summed E-state index contributed by atoms with van der Waals surface area (Å²) < 4.78 is 13.2. The molecular weight excluding hydrogens is 382 g/mol. The predicted octanol–water partition coefficient (Wildman–Crippen LogP) is 3.57. The fourth-order valence-corrected chi connectivity index (χ4v) is 4.70. The summed E-state index contributed by atoms with van der Waals surface area (Å²) in [5.74, 6) is -0.367. The average molecular weight is 400 g/mol. The molecule has 0 N–H and O–H groups in total. The third-order valence-corrected chi connectivity index (χ3v) is 6.18. The normalized spacial score (nSPS) is 18.3. The van der Waals surface area contributed by atoms with E-state index in [1.165, 1.54) is 17.4 Å². The number of aromatic nitrogens is 1. The molecule has 3 heterocycles. The summed E-state index contributed by atoms with van der Waals surface area (Å²) in [6.45, 7) is 3.36. The van der Waals surface area contributed by atoms with Crippen LogP contribution in [0.4, 0.5) is 0 Å². The monoisotopic (exact) mass is 399 g/mol. The van der Waals surface area contributed by atoms with Crippen LogP contribution in [0.1, 0.15) is 35.9 Å². The van der Waals surface area contributed by atoms with Crippen LogP contribution in [0.2, 0.25) is 0 Å². The zero-order valence-corrected chi connectivity index (χ0v) is 15.2. The van der Waals surface area contributed by atoms with E-state index in [9.17, 15) is 9.59 Å². The lowest BCUT2D eigenvalue weighted by Crippen LogP contribution is -2.30. The van der Waals surface area contributed by atoms with Gasteiger partial charge in [0.15, 0.2) is 0 Å². The van der Waals surface area contributed by atoms with Crippen molar-refractivity contribution in [3.05, 3.63) is 31.8 Å². The van der Waals surface area contributed by atoms with Crippen LogP contribution in [-0.4, -0.2) is 29.9 Å². The first-order chi connectivity index (χ1) is 11.1. The van der Waals surface area contributed by atoms with Gasteiger partial charge in [-0.15, -0.1) is 11.3 Å². The summed E-state index contributed by atoms with van der Waals surface area (Å²) in [5.41, 5.74) is -0.0733. The van der Waals surface area contributed by atoms with Crippen LogP contribution in [-0.2, 0) is 16.0 Å². The Balaban J connectivity index is 2.02. The van der Waals surface area contributed by atoms with Crippen molar-refractivity contribution in [3.63, 3.8) is 0 Å². The van der Waals surface area contributed by atoms with Crippen LogP contribution in [0.25, 0.3) is 10.2 Å². The Hall–Kier alpha value is -1.18. The lowest BCUT2D eigenvalue weighted by molar-refractivity contribution is 0.00623. The number of hydrogen-bond acceptors (Lipinski definition) is 5.